The van der Waals surface area contributed by atoms with E-state index in [1.165, 1.54) is 0 Å². The fourth-order valence-electron chi connectivity index (χ4n) is 2.84. The van der Waals surface area contributed by atoms with Gasteiger partial charge in [0.1, 0.15) is 0 Å². The molecule has 0 aliphatic carbocycles. The summed E-state index contributed by atoms with van der Waals surface area (Å²) in [5.74, 6) is 0.0818. The van der Waals surface area contributed by atoms with Crippen molar-refractivity contribution in [3.8, 4) is 0 Å². The van der Waals surface area contributed by atoms with Crippen molar-refractivity contribution in [1.82, 2.24) is 8.61 Å². The lowest BCUT2D eigenvalue weighted by Gasteiger charge is -2.37. The second kappa shape index (κ2) is 5.86. The maximum Gasteiger partial charge on any atom is 0.281 e. The standard InChI is InChI=1S/C12H24N2O3S/c1-11(15)12-6-5-9-14(10-12)18(16,17)13-7-3-2-4-8-13/h11-12,15H,2-10H2,1H3. The van der Waals surface area contributed by atoms with Crippen LogP contribution < -0.4 is 0 Å². The van der Waals surface area contributed by atoms with E-state index in [9.17, 15) is 13.5 Å². The second-order valence-corrected chi connectivity index (χ2v) is 7.40. The highest BCUT2D eigenvalue weighted by Gasteiger charge is 2.35. The minimum absolute atomic E-state index is 0.0818. The highest BCUT2D eigenvalue weighted by Crippen LogP contribution is 2.24. The monoisotopic (exact) mass is 276 g/mol. The lowest BCUT2D eigenvalue weighted by Crippen LogP contribution is -2.50. The molecule has 18 heavy (non-hydrogen) atoms. The predicted octanol–water partition coefficient (Wildman–Crippen LogP) is 0.810. The zero-order valence-electron chi connectivity index (χ0n) is 11.1. The van der Waals surface area contributed by atoms with E-state index in [0.717, 1.165) is 32.1 Å². The number of aliphatic hydroxyl groups is 1. The Bertz CT molecular complexity index is 364. The van der Waals surface area contributed by atoms with E-state index >= 15 is 0 Å². The molecule has 2 rings (SSSR count). The minimum atomic E-state index is -3.30. The van der Waals surface area contributed by atoms with Crippen LogP contribution in [-0.4, -0.2) is 54.4 Å². The first-order valence-corrected chi connectivity index (χ1v) is 8.35. The first kappa shape index (κ1) is 14.2. The Labute approximate surface area is 110 Å². The first-order chi connectivity index (χ1) is 8.51. The van der Waals surface area contributed by atoms with Crippen LogP contribution in [0.4, 0.5) is 0 Å². The highest BCUT2D eigenvalue weighted by atomic mass is 32.2. The molecule has 2 heterocycles. The molecule has 0 aromatic rings. The van der Waals surface area contributed by atoms with E-state index in [1.54, 1.807) is 15.5 Å². The molecule has 2 aliphatic heterocycles. The average Bonchev–Trinajstić information content (AvgIpc) is 2.40. The molecule has 2 unspecified atom stereocenters. The molecule has 2 fully saturated rings. The van der Waals surface area contributed by atoms with Crippen molar-refractivity contribution in [2.24, 2.45) is 5.92 Å². The van der Waals surface area contributed by atoms with Crippen molar-refractivity contribution < 1.29 is 13.5 Å². The van der Waals surface area contributed by atoms with Gasteiger partial charge in [-0.25, -0.2) is 0 Å². The molecule has 5 nitrogen and oxygen atoms in total. The zero-order valence-corrected chi connectivity index (χ0v) is 11.9. The fraction of sp³-hybridized carbons (Fsp3) is 1.00. The molecule has 1 N–H and O–H groups in total. The molecular weight excluding hydrogens is 252 g/mol. The third-order valence-electron chi connectivity index (χ3n) is 4.07. The van der Waals surface area contributed by atoms with Gasteiger partial charge in [-0.1, -0.05) is 6.42 Å². The third-order valence-corrected chi connectivity index (χ3v) is 6.07. The van der Waals surface area contributed by atoms with Crippen molar-refractivity contribution in [1.29, 1.82) is 0 Å². The number of nitrogens with zero attached hydrogens (tertiary/aromatic N) is 2. The summed E-state index contributed by atoms with van der Waals surface area (Å²) in [4.78, 5) is 0. The molecule has 6 heteroatoms. The number of rotatable bonds is 3. The van der Waals surface area contributed by atoms with Crippen molar-refractivity contribution >= 4 is 10.2 Å². The van der Waals surface area contributed by atoms with Crippen molar-refractivity contribution in [2.45, 2.75) is 45.1 Å². The summed E-state index contributed by atoms with van der Waals surface area (Å²) in [5.41, 5.74) is 0. The summed E-state index contributed by atoms with van der Waals surface area (Å²) in [5, 5.41) is 9.64. The summed E-state index contributed by atoms with van der Waals surface area (Å²) in [6, 6.07) is 0. The molecule has 0 amide bonds. The van der Waals surface area contributed by atoms with E-state index in [1.807, 2.05) is 0 Å². The SMILES string of the molecule is CC(O)C1CCCN(S(=O)(=O)N2CCCCC2)C1. The second-order valence-electron chi connectivity index (χ2n) is 5.47. The van der Waals surface area contributed by atoms with Crippen LogP contribution in [0, 0.1) is 5.92 Å². The van der Waals surface area contributed by atoms with Gasteiger partial charge in [0, 0.05) is 26.2 Å². The number of piperidine rings is 2. The van der Waals surface area contributed by atoms with Crippen LogP contribution in [0.15, 0.2) is 0 Å². The smallest absolute Gasteiger partial charge is 0.281 e. The Kier molecular flexibility index (Phi) is 4.64. The average molecular weight is 276 g/mol. The van der Waals surface area contributed by atoms with Crippen LogP contribution in [0.2, 0.25) is 0 Å². The third kappa shape index (κ3) is 3.04. The van der Waals surface area contributed by atoms with Crippen molar-refractivity contribution in [3.63, 3.8) is 0 Å². The predicted molar refractivity (Wildman–Crippen MR) is 70.3 cm³/mol. The summed E-state index contributed by atoms with van der Waals surface area (Å²) in [7, 11) is -3.30. The molecule has 0 saturated carbocycles. The normalized spacial score (nSPS) is 30.2. The van der Waals surface area contributed by atoms with E-state index in [0.29, 0.717) is 26.2 Å². The van der Waals surface area contributed by atoms with Gasteiger partial charge in [-0.05, 0) is 38.5 Å². The van der Waals surface area contributed by atoms with Crippen molar-refractivity contribution in [2.75, 3.05) is 26.2 Å². The quantitative estimate of drug-likeness (QED) is 0.830. The summed E-state index contributed by atoms with van der Waals surface area (Å²) >= 11 is 0. The van der Waals surface area contributed by atoms with Gasteiger partial charge in [0.05, 0.1) is 6.10 Å². The maximum absolute atomic E-state index is 12.5. The minimum Gasteiger partial charge on any atom is -0.393 e. The number of aliphatic hydroxyl groups excluding tert-OH is 1. The zero-order chi connectivity index (χ0) is 13.2. The van der Waals surface area contributed by atoms with Gasteiger partial charge in [0.15, 0.2) is 0 Å². The van der Waals surface area contributed by atoms with Crippen LogP contribution in [0.5, 0.6) is 0 Å². The Balaban J connectivity index is 2.04. The van der Waals surface area contributed by atoms with Crippen LogP contribution in [-0.2, 0) is 10.2 Å². The fourth-order valence-corrected chi connectivity index (χ4v) is 4.62. The lowest BCUT2D eigenvalue weighted by atomic mass is 9.95. The number of hydrogen-bond acceptors (Lipinski definition) is 3. The number of hydrogen-bond donors (Lipinski definition) is 1. The maximum atomic E-state index is 12.5. The van der Waals surface area contributed by atoms with Gasteiger partial charge in [-0.3, -0.25) is 0 Å². The highest BCUT2D eigenvalue weighted by molar-refractivity contribution is 7.86. The summed E-state index contributed by atoms with van der Waals surface area (Å²) in [6.45, 7) is 4.12. The van der Waals surface area contributed by atoms with Gasteiger partial charge in [0.2, 0.25) is 0 Å². The molecule has 0 aromatic heterocycles. The molecule has 106 valence electrons. The Morgan fingerprint density at radius 1 is 1.06 bits per heavy atom. The van der Waals surface area contributed by atoms with Gasteiger partial charge in [-0.15, -0.1) is 0 Å². The molecule has 0 radical (unpaired) electrons. The summed E-state index contributed by atoms with van der Waals surface area (Å²) < 4.78 is 28.1. The molecule has 2 aliphatic rings. The van der Waals surface area contributed by atoms with Crippen LogP contribution >= 0.6 is 0 Å². The molecule has 2 atom stereocenters. The Hall–Kier alpha value is -0.170. The van der Waals surface area contributed by atoms with E-state index in [4.69, 9.17) is 0 Å². The van der Waals surface area contributed by atoms with Crippen LogP contribution in [0.3, 0.4) is 0 Å². The van der Waals surface area contributed by atoms with E-state index < -0.39 is 16.3 Å². The summed E-state index contributed by atoms with van der Waals surface area (Å²) in [6.07, 6.45) is 4.40. The topological polar surface area (TPSA) is 60.9 Å². The lowest BCUT2D eigenvalue weighted by molar-refractivity contribution is 0.0863. The molecule has 0 spiro atoms. The van der Waals surface area contributed by atoms with E-state index in [-0.39, 0.29) is 5.92 Å². The van der Waals surface area contributed by atoms with Gasteiger partial charge in [0.25, 0.3) is 10.2 Å². The Morgan fingerprint density at radius 2 is 1.67 bits per heavy atom. The largest absolute Gasteiger partial charge is 0.393 e. The van der Waals surface area contributed by atoms with Gasteiger partial charge in [-0.2, -0.15) is 17.0 Å². The Morgan fingerprint density at radius 3 is 2.28 bits per heavy atom. The first-order valence-electron chi connectivity index (χ1n) is 6.95. The molecule has 2 saturated heterocycles. The van der Waals surface area contributed by atoms with E-state index in [2.05, 4.69) is 0 Å². The van der Waals surface area contributed by atoms with Gasteiger partial charge >= 0.3 is 0 Å². The van der Waals surface area contributed by atoms with Crippen molar-refractivity contribution in [3.05, 3.63) is 0 Å². The molecule has 0 bridgehead atoms. The van der Waals surface area contributed by atoms with Gasteiger partial charge < -0.3 is 5.11 Å². The van der Waals surface area contributed by atoms with Crippen LogP contribution in [0.1, 0.15) is 39.0 Å². The molecular formula is C12H24N2O3S. The van der Waals surface area contributed by atoms with Crippen LogP contribution in [0.25, 0.3) is 0 Å². The molecule has 0 aromatic carbocycles.